The Morgan fingerprint density at radius 3 is 2.07 bits per heavy atom. The van der Waals surface area contributed by atoms with Crippen molar-refractivity contribution in [3.63, 3.8) is 0 Å². The first-order chi connectivity index (χ1) is 6.69. The highest BCUT2D eigenvalue weighted by Crippen LogP contribution is 2.19. The Hall–Kier alpha value is -1.00. The van der Waals surface area contributed by atoms with Gasteiger partial charge in [0.1, 0.15) is 0 Å². The molecule has 0 fully saturated rings. The number of rotatable bonds is 4. The predicted octanol–water partition coefficient (Wildman–Crippen LogP) is 2.79. The maximum absolute atomic E-state index is 10.4. The zero-order valence-corrected chi connectivity index (χ0v) is 8.70. The van der Waals surface area contributed by atoms with Crippen molar-refractivity contribution >= 4 is 34.6 Å². The molecule has 0 bridgehead atoms. The largest absolute Gasteiger partial charge is 0.344 e. The van der Waals surface area contributed by atoms with Gasteiger partial charge in [0.15, 0.2) is 0 Å². The molecule has 0 atom stereocenters. The number of nitro benzene ring substituents is 1. The molecule has 0 aromatic heterocycles. The van der Waals surface area contributed by atoms with Crippen molar-refractivity contribution in [2.45, 2.75) is 0 Å². The van der Waals surface area contributed by atoms with Gasteiger partial charge < -0.3 is 4.90 Å². The highest BCUT2D eigenvalue weighted by atomic mass is 35.5. The molecule has 0 aliphatic carbocycles. The van der Waals surface area contributed by atoms with Crippen LogP contribution in [0.25, 0.3) is 0 Å². The highest BCUT2D eigenvalue weighted by Gasteiger charge is 2.07. The molecule has 1 aromatic rings. The minimum absolute atomic E-state index is 0.0536. The van der Waals surface area contributed by atoms with Crippen LogP contribution in [0, 0.1) is 10.1 Å². The van der Waals surface area contributed by atoms with Crippen LogP contribution in [-0.4, -0.2) is 16.9 Å². The normalized spacial score (nSPS) is 9.86. The smallest absolute Gasteiger partial charge is 0.269 e. The lowest BCUT2D eigenvalue weighted by Gasteiger charge is -2.17. The minimum atomic E-state index is -0.449. The molecule has 0 spiro atoms. The number of nitrogens with zero attached hydrogens (tertiary/aromatic N) is 2. The molecule has 1 rings (SSSR count). The van der Waals surface area contributed by atoms with E-state index in [1.54, 1.807) is 17.0 Å². The molecule has 0 saturated carbocycles. The molecule has 0 radical (unpaired) electrons. The molecule has 0 aliphatic rings. The SMILES string of the molecule is O=[N+]([O-])c1ccc(N(CCl)CCl)cc1. The summed E-state index contributed by atoms with van der Waals surface area (Å²) in [6, 6.07) is 6.57. The Kier molecular flexibility index (Phi) is 3.98. The van der Waals surface area contributed by atoms with Gasteiger partial charge in [-0.15, -0.1) is 23.2 Å². The second kappa shape index (κ2) is 5.02. The van der Waals surface area contributed by atoms with Crippen LogP contribution in [-0.2, 0) is 0 Å². The van der Waals surface area contributed by atoms with Crippen LogP contribution in [0.5, 0.6) is 0 Å². The monoisotopic (exact) mass is 234 g/mol. The predicted molar refractivity (Wildman–Crippen MR) is 57.0 cm³/mol. The first-order valence-electron chi connectivity index (χ1n) is 3.80. The van der Waals surface area contributed by atoms with Crippen molar-refractivity contribution in [1.82, 2.24) is 0 Å². The Morgan fingerprint density at radius 1 is 1.21 bits per heavy atom. The van der Waals surface area contributed by atoms with Gasteiger partial charge in [-0.25, -0.2) is 0 Å². The van der Waals surface area contributed by atoms with E-state index in [9.17, 15) is 10.1 Å². The van der Waals surface area contributed by atoms with Gasteiger partial charge in [-0.2, -0.15) is 0 Å². The van der Waals surface area contributed by atoms with Crippen LogP contribution >= 0.6 is 23.2 Å². The zero-order chi connectivity index (χ0) is 10.6. The summed E-state index contributed by atoms with van der Waals surface area (Å²) in [5.74, 6) is 0. The molecule has 0 amide bonds. The topological polar surface area (TPSA) is 46.4 Å². The first kappa shape index (κ1) is 11.1. The van der Waals surface area contributed by atoms with E-state index in [0.29, 0.717) is 0 Å². The van der Waals surface area contributed by atoms with Crippen molar-refractivity contribution in [3.05, 3.63) is 34.4 Å². The molecular weight excluding hydrogens is 227 g/mol. The summed E-state index contributed by atoms with van der Waals surface area (Å²) in [5.41, 5.74) is 0.818. The van der Waals surface area contributed by atoms with Gasteiger partial charge in [-0.1, -0.05) is 0 Å². The molecular formula is C8H8Cl2N2O2. The number of anilines is 1. The fourth-order valence-corrected chi connectivity index (χ4v) is 1.49. The number of benzene rings is 1. The third-order valence-corrected chi connectivity index (χ3v) is 2.29. The molecule has 6 heteroatoms. The summed E-state index contributed by atoms with van der Waals surface area (Å²) >= 11 is 11.2. The van der Waals surface area contributed by atoms with Crippen LogP contribution in [0.2, 0.25) is 0 Å². The van der Waals surface area contributed by atoms with Gasteiger partial charge >= 0.3 is 0 Å². The summed E-state index contributed by atoms with van der Waals surface area (Å²) in [4.78, 5) is 11.6. The second-order valence-corrected chi connectivity index (χ2v) is 3.03. The summed E-state index contributed by atoms with van der Waals surface area (Å²) < 4.78 is 0. The van der Waals surface area contributed by atoms with Crippen molar-refractivity contribution in [3.8, 4) is 0 Å². The summed E-state index contributed by atoms with van der Waals surface area (Å²) in [7, 11) is 0. The Balaban J connectivity index is 2.87. The van der Waals surface area contributed by atoms with Crippen LogP contribution in [0.1, 0.15) is 0 Å². The molecule has 14 heavy (non-hydrogen) atoms. The standard InChI is InChI=1S/C8H8Cl2N2O2/c9-5-11(6-10)7-1-3-8(4-2-7)12(13)14/h1-4H,5-6H2. The van der Waals surface area contributed by atoms with Gasteiger partial charge in [-0.3, -0.25) is 10.1 Å². The quantitative estimate of drug-likeness (QED) is 0.349. The number of hydrogen-bond acceptors (Lipinski definition) is 3. The van der Waals surface area contributed by atoms with Gasteiger partial charge in [0.2, 0.25) is 0 Å². The second-order valence-electron chi connectivity index (χ2n) is 2.55. The maximum Gasteiger partial charge on any atom is 0.269 e. The Bertz CT molecular complexity index is 312. The Labute approximate surface area is 91.2 Å². The molecule has 1 aromatic carbocycles. The third kappa shape index (κ3) is 2.49. The van der Waals surface area contributed by atoms with Gasteiger partial charge in [0.05, 0.1) is 16.9 Å². The molecule has 4 nitrogen and oxygen atoms in total. The molecule has 0 heterocycles. The van der Waals surface area contributed by atoms with Gasteiger partial charge in [-0.05, 0) is 12.1 Å². The van der Waals surface area contributed by atoms with E-state index in [0.717, 1.165) is 5.69 Å². The van der Waals surface area contributed by atoms with Crippen molar-refractivity contribution in [2.75, 3.05) is 16.9 Å². The lowest BCUT2D eigenvalue weighted by molar-refractivity contribution is -0.384. The van der Waals surface area contributed by atoms with Crippen LogP contribution in [0.4, 0.5) is 11.4 Å². The fourth-order valence-electron chi connectivity index (χ4n) is 0.955. The number of nitro groups is 1. The minimum Gasteiger partial charge on any atom is -0.344 e. The average molecular weight is 235 g/mol. The van der Waals surface area contributed by atoms with E-state index in [2.05, 4.69) is 0 Å². The lowest BCUT2D eigenvalue weighted by atomic mass is 10.3. The first-order valence-corrected chi connectivity index (χ1v) is 4.87. The van der Waals surface area contributed by atoms with E-state index in [1.807, 2.05) is 0 Å². The number of alkyl halides is 2. The lowest BCUT2D eigenvalue weighted by Crippen LogP contribution is -2.18. The van der Waals surface area contributed by atoms with Crippen LogP contribution in [0.15, 0.2) is 24.3 Å². The molecule has 0 aliphatic heterocycles. The molecule has 0 saturated heterocycles. The molecule has 0 unspecified atom stereocenters. The molecule has 76 valence electrons. The maximum atomic E-state index is 10.4. The average Bonchev–Trinajstić information content (AvgIpc) is 2.20. The van der Waals surface area contributed by atoms with E-state index in [1.165, 1.54) is 12.1 Å². The van der Waals surface area contributed by atoms with Gasteiger partial charge in [0, 0.05) is 17.8 Å². The van der Waals surface area contributed by atoms with E-state index in [4.69, 9.17) is 23.2 Å². The van der Waals surface area contributed by atoms with Crippen molar-refractivity contribution in [1.29, 1.82) is 0 Å². The Morgan fingerprint density at radius 2 is 1.71 bits per heavy atom. The zero-order valence-electron chi connectivity index (χ0n) is 7.19. The van der Waals surface area contributed by atoms with Crippen LogP contribution < -0.4 is 4.90 Å². The number of halogens is 2. The highest BCUT2D eigenvalue weighted by molar-refractivity contribution is 6.22. The van der Waals surface area contributed by atoms with Crippen molar-refractivity contribution in [2.24, 2.45) is 0 Å². The number of hydrogen-bond donors (Lipinski definition) is 0. The number of non-ortho nitro benzene ring substituents is 1. The fraction of sp³-hybridized carbons (Fsp3) is 0.250. The van der Waals surface area contributed by atoms with E-state index >= 15 is 0 Å². The van der Waals surface area contributed by atoms with Gasteiger partial charge in [0.25, 0.3) is 5.69 Å². The van der Waals surface area contributed by atoms with Crippen molar-refractivity contribution < 1.29 is 4.92 Å². The summed E-state index contributed by atoms with van der Waals surface area (Å²) in [6.45, 7) is 0. The van der Waals surface area contributed by atoms with E-state index in [-0.39, 0.29) is 17.7 Å². The third-order valence-electron chi connectivity index (χ3n) is 1.71. The van der Waals surface area contributed by atoms with Crippen LogP contribution in [0.3, 0.4) is 0 Å². The summed E-state index contributed by atoms with van der Waals surface area (Å²) in [6.07, 6.45) is 0. The summed E-state index contributed by atoms with van der Waals surface area (Å²) in [5, 5.41) is 10.4. The van der Waals surface area contributed by atoms with E-state index < -0.39 is 4.92 Å². The molecule has 0 N–H and O–H groups in total.